The first-order valence-corrected chi connectivity index (χ1v) is 8.46. The fraction of sp³-hybridized carbons (Fsp3) is 0.136. The monoisotopic (exact) mass is 386 g/mol. The molecule has 0 N–H and O–H groups in total. The van der Waals surface area contributed by atoms with Crippen molar-refractivity contribution < 1.29 is 27.4 Å². The van der Waals surface area contributed by atoms with Crippen molar-refractivity contribution in [2.45, 2.75) is 12.8 Å². The molecule has 6 heteroatoms. The standard InChI is InChI=1S/C22H17F3O3/c1-27-21(26)17-11-7-10-16(15-8-3-2-4-9-15)18(17)14-28-20-13-6-5-12-19(20)22(23,24)25/h2-13H,14H2,1H3. The van der Waals surface area contributed by atoms with Crippen LogP contribution in [0.4, 0.5) is 13.2 Å². The molecular weight excluding hydrogens is 369 g/mol. The van der Waals surface area contributed by atoms with Crippen molar-refractivity contribution in [1.29, 1.82) is 0 Å². The molecule has 0 bridgehead atoms. The second-order valence-corrected chi connectivity index (χ2v) is 5.97. The summed E-state index contributed by atoms with van der Waals surface area (Å²) in [5.74, 6) is -0.880. The summed E-state index contributed by atoms with van der Waals surface area (Å²) in [6.07, 6.45) is -4.54. The third-order valence-electron chi connectivity index (χ3n) is 4.23. The lowest BCUT2D eigenvalue weighted by Crippen LogP contribution is -2.12. The molecule has 0 aromatic heterocycles. The summed E-state index contributed by atoms with van der Waals surface area (Å²) in [6.45, 7) is -0.220. The normalized spacial score (nSPS) is 11.1. The number of hydrogen-bond acceptors (Lipinski definition) is 3. The van der Waals surface area contributed by atoms with E-state index in [4.69, 9.17) is 9.47 Å². The molecule has 0 aliphatic heterocycles. The molecule has 3 aromatic rings. The molecule has 0 fully saturated rings. The predicted molar refractivity (Wildman–Crippen MR) is 99.0 cm³/mol. The van der Waals surface area contributed by atoms with Crippen LogP contribution < -0.4 is 4.74 Å². The van der Waals surface area contributed by atoms with E-state index >= 15 is 0 Å². The average Bonchev–Trinajstić information content (AvgIpc) is 2.71. The summed E-state index contributed by atoms with van der Waals surface area (Å²) in [5.41, 5.74) is 1.33. The summed E-state index contributed by atoms with van der Waals surface area (Å²) in [7, 11) is 1.25. The number of rotatable bonds is 5. The largest absolute Gasteiger partial charge is 0.488 e. The number of halogens is 3. The van der Waals surface area contributed by atoms with Gasteiger partial charge < -0.3 is 9.47 Å². The number of ether oxygens (including phenoxy) is 2. The highest BCUT2D eigenvalue weighted by molar-refractivity contribution is 5.93. The molecule has 0 aliphatic rings. The molecule has 0 unspecified atom stereocenters. The number of carbonyl (C=O) groups excluding carboxylic acids is 1. The zero-order chi connectivity index (χ0) is 20.1. The van der Waals surface area contributed by atoms with Crippen molar-refractivity contribution in [1.82, 2.24) is 0 Å². The third-order valence-corrected chi connectivity index (χ3v) is 4.23. The highest BCUT2D eigenvalue weighted by Gasteiger charge is 2.34. The van der Waals surface area contributed by atoms with Gasteiger partial charge in [0.15, 0.2) is 0 Å². The minimum Gasteiger partial charge on any atom is -0.488 e. The van der Waals surface area contributed by atoms with Gasteiger partial charge >= 0.3 is 12.1 Å². The van der Waals surface area contributed by atoms with E-state index in [1.807, 2.05) is 30.3 Å². The van der Waals surface area contributed by atoms with Gasteiger partial charge in [0.05, 0.1) is 18.2 Å². The van der Waals surface area contributed by atoms with Crippen LogP contribution >= 0.6 is 0 Å². The quantitative estimate of drug-likeness (QED) is 0.525. The van der Waals surface area contributed by atoms with Crippen molar-refractivity contribution in [3.8, 4) is 16.9 Å². The fourth-order valence-corrected chi connectivity index (χ4v) is 2.91. The number of alkyl halides is 3. The first-order chi connectivity index (χ1) is 13.4. The summed E-state index contributed by atoms with van der Waals surface area (Å²) in [4.78, 5) is 12.2. The molecule has 0 amide bonds. The van der Waals surface area contributed by atoms with Gasteiger partial charge in [-0.2, -0.15) is 13.2 Å². The van der Waals surface area contributed by atoms with Gasteiger partial charge in [0, 0.05) is 5.56 Å². The summed E-state index contributed by atoms with van der Waals surface area (Å²) >= 11 is 0. The number of carbonyl (C=O) groups is 1. The van der Waals surface area contributed by atoms with E-state index in [0.717, 1.165) is 11.6 Å². The topological polar surface area (TPSA) is 35.5 Å². The van der Waals surface area contributed by atoms with E-state index in [2.05, 4.69) is 0 Å². The van der Waals surface area contributed by atoms with E-state index in [1.165, 1.54) is 25.3 Å². The molecular formula is C22H17F3O3. The Hall–Kier alpha value is -3.28. The van der Waals surface area contributed by atoms with Crippen molar-refractivity contribution >= 4 is 5.97 Å². The van der Waals surface area contributed by atoms with Gasteiger partial charge in [-0.05, 0) is 29.3 Å². The zero-order valence-corrected chi connectivity index (χ0v) is 15.0. The Labute approximate surface area is 160 Å². The lowest BCUT2D eigenvalue weighted by molar-refractivity contribution is -0.139. The second-order valence-electron chi connectivity index (χ2n) is 5.97. The average molecular weight is 386 g/mol. The van der Waals surface area contributed by atoms with Crippen molar-refractivity contribution in [2.75, 3.05) is 7.11 Å². The molecule has 3 nitrogen and oxygen atoms in total. The van der Waals surface area contributed by atoms with Crippen molar-refractivity contribution in [2.24, 2.45) is 0 Å². The van der Waals surface area contributed by atoms with Gasteiger partial charge in [-0.3, -0.25) is 0 Å². The van der Waals surface area contributed by atoms with Crippen molar-refractivity contribution in [3.05, 3.63) is 89.5 Å². The molecule has 0 spiro atoms. The molecule has 0 heterocycles. The Bertz CT molecular complexity index is 966. The van der Waals surface area contributed by atoms with E-state index in [9.17, 15) is 18.0 Å². The highest BCUT2D eigenvalue weighted by Crippen LogP contribution is 2.37. The van der Waals surface area contributed by atoms with Gasteiger partial charge in [0.25, 0.3) is 0 Å². The number of hydrogen-bond donors (Lipinski definition) is 0. The SMILES string of the molecule is COC(=O)c1cccc(-c2ccccc2)c1COc1ccccc1C(F)(F)F. The molecule has 0 aliphatic carbocycles. The highest BCUT2D eigenvalue weighted by atomic mass is 19.4. The van der Waals surface area contributed by atoms with Gasteiger partial charge in [-0.1, -0.05) is 54.6 Å². The van der Waals surface area contributed by atoms with Gasteiger partial charge in [0.1, 0.15) is 12.4 Å². The smallest absolute Gasteiger partial charge is 0.419 e. The molecule has 0 saturated heterocycles. The van der Waals surface area contributed by atoms with Crippen LogP contribution in [-0.4, -0.2) is 13.1 Å². The van der Waals surface area contributed by atoms with E-state index in [-0.39, 0.29) is 17.9 Å². The molecule has 28 heavy (non-hydrogen) atoms. The van der Waals surface area contributed by atoms with E-state index < -0.39 is 17.7 Å². The minimum absolute atomic E-state index is 0.220. The molecule has 144 valence electrons. The maximum Gasteiger partial charge on any atom is 0.419 e. The predicted octanol–water partition coefficient (Wildman–Crippen LogP) is 5.74. The molecule has 3 aromatic carbocycles. The Morgan fingerprint density at radius 2 is 1.57 bits per heavy atom. The molecule has 3 rings (SSSR count). The van der Waals surface area contributed by atoms with Crippen LogP contribution in [0.15, 0.2) is 72.8 Å². The Kier molecular flexibility index (Phi) is 5.68. The Balaban J connectivity index is 2.03. The summed E-state index contributed by atoms with van der Waals surface area (Å²) in [5, 5.41) is 0. The van der Waals surface area contributed by atoms with Gasteiger partial charge in [0.2, 0.25) is 0 Å². The second kappa shape index (κ2) is 8.17. The maximum absolute atomic E-state index is 13.2. The van der Waals surface area contributed by atoms with Crippen LogP contribution in [0.3, 0.4) is 0 Å². The molecule has 0 saturated carbocycles. The van der Waals surface area contributed by atoms with Crippen LogP contribution in [0.5, 0.6) is 5.75 Å². The molecule has 0 radical (unpaired) electrons. The Morgan fingerprint density at radius 3 is 2.25 bits per heavy atom. The first-order valence-electron chi connectivity index (χ1n) is 8.46. The minimum atomic E-state index is -4.54. The first kappa shape index (κ1) is 19.5. The van der Waals surface area contributed by atoms with Gasteiger partial charge in [-0.25, -0.2) is 4.79 Å². The number of benzene rings is 3. The van der Waals surface area contributed by atoms with Gasteiger partial charge in [-0.15, -0.1) is 0 Å². The zero-order valence-electron chi connectivity index (χ0n) is 15.0. The number of para-hydroxylation sites is 1. The van der Waals surface area contributed by atoms with Crippen LogP contribution in [0, 0.1) is 0 Å². The van der Waals surface area contributed by atoms with Crippen LogP contribution in [0.25, 0.3) is 11.1 Å². The fourth-order valence-electron chi connectivity index (χ4n) is 2.91. The summed E-state index contributed by atoms with van der Waals surface area (Å²) < 4.78 is 50.0. The van der Waals surface area contributed by atoms with Crippen LogP contribution in [0.1, 0.15) is 21.5 Å². The number of esters is 1. The molecule has 0 atom stereocenters. The maximum atomic E-state index is 13.2. The van der Waals surface area contributed by atoms with E-state index in [0.29, 0.717) is 11.1 Å². The van der Waals surface area contributed by atoms with Crippen molar-refractivity contribution in [3.63, 3.8) is 0 Å². The van der Waals surface area contributed by atoms with Crippen LogP contribution in [0.2, 0.25) is 0 Å². The summed E-state index contributed by atoms with van der Waals surface area (Å²) in [6, 6.07) is 19.3. The number of methoxy groups -OCH3 is 1. The lowest BCUT2D eigenvalue weighted by atomic mass is 9.96. The van der Waals surface area contributed by atoms with E-state index in [1.54, 1.807) is 18.2 Å². The Morgan fingerprint density at radius 1 is 0.893 bits per heavy atom. The lowest BCUT2D eigenvalue weighted by Gasteiger charge is -2.17. The van der Waals surface area contributed by atoms with Crippen LogP contribution in [-0.2, 0) is 17.5 Å². The third kappa shape index (κ3) is 4.17.